The minimum Gasteiger partial charge on any atom is -0.254 e. The molecule has 0 N–H and O–H groups in total. The standard InChI is InChI=1S/C15H12N2O/c1-12-9-15(16-11-18)10-14(17-12)8-7-13-5-3-2-4-6-13/h2-10H,1H3/b8-7+. The van der Waals surface area contributed by atoms with Crippen LogP contribution < -0.4 is 0 Å². The number of nitrogens with zero attached hydrogens (tertiary/aromatic N) is 2. The third-order valence-electron chi connectivity index (χ3n) is 2.38. The van der Waals surface area contributed by atoms with Crippen LogP contribution in [0.2, 0.25) is 0 Å². The number of benzene rings is 1. The van der Waals surface area contributed by atoms with Crippen molar-refractivity contribution in [2.75, 3.05) is 0 Å². The zero-order valence-corrected chi connectivity index (χ0v) is 10.00. The summed E-state index contributed by atoms with van der Waals surface area (Å²) in [5.74, 6) is 0. The van der Waals surface area contributed by atoms with E-state index >= 15 is 0 Å². The van der Waals surface area contributed by atoms with Gasteiger partial charge in [0.15, 0.2) is 0 Å². The first-order valence-corrected chi connectivity index (χ1v) is 5.57. The number of rotatable bonds is 3. The van der Waals surface area contributed by atoms with Crippen molar-refractivity contribution in [3.63, 3.8) is 0 Å². The number of hydrogen-bond donors (Lipinski definition) is 0. The van der Waals surface area contributed by atoms with Gasteiger partial charge in [-0.25, -0.2) is 4.79 Å². The molecule has 0 aliphatic rings. The van der Waals surface area contributed by atoms with Gasteiger partial charge in [0.25, 0.3) is 0 Å². The van der Waals surface area contributed by atoms with E-state index in [0.29, 0.717) is 5.69 Å². The van der Waals surface area contributed by atoms with Crippen LogP contribution in [0.3, 0.4) is 0 Å². The van der Waals surface area contributed by atoms with Crippen molar-refractivity contribution in [1.82, 2.24) is 4.98 Å². The third-order valence-corrected chi connectivity index (χ3v) is 2.38. The highest BCUT2D eigenvalue weighted by molar-refractivity contribution is 5.69. The van der Waals surface area contributed by atoms with Crippen molar-refractivity contribution in [2.45, 2.75) is 6.92 Å². The number of aliphatic imine (C=N–C) groups is 1. The SMILES string of the molecule is Cc1cc(N=C=O)cc(/C=C/c2ccccc2)n1. The normalized spacial score (nSPS) is 10.3. The van der Waals surface area contributed by atoms with Gasteiger partial charge < -0.3 is 0 Å². The van der Waals surface area contributed by atoms with Crippen LogP contribution in [0, 0.1) is 6.92 Å². The maximum atomic E-state index is 10.2. The van der Waals surface area contributed by atoms with Crippen LogP contribution in [0.25, 0.3) is 12.2 Å². The van der Waals surface area contributed by atoms with Crippen LogP contribution in [-0.4, -0.2) is 11.1 Å². The van der Waals surface area contributed by atoms with Gasteiger partial charge in [0.1, 0.15) is 0 Å². The van der Waals surface area contributed by atoms with Gasteiger partial charge in [-0.05, 0) is 30.7 Å². The van der Waals surface area contributed by atoms with Crippen LogP contribution in [-0.2, 0) is 4.79 Å². The number of aromatic nitrogens is 1. The van der Waals surface area contributed by atoms with E-state index in [0.717, 1.165) is 17.0 Å². The summed E-state index contributed by atoms with van der Waals surface area (Å²) in [6.45, 7) is 1.86. The molecule has 1 aromatic heterocycles. The van der Waals surface area contributed by atoms with Gasteiger partial charge in [-0.1, -0.05) is 36.4 Å². The number of hydrogen-bond acceptors (Lipinski definition) is 3. The Balaban J connectivity index is 2.29. The molecule has 18 heavy (non-hydrogen) atoms. The lowest BCUT2D eigenvalue weighted by Crippen LogP contribution is -1.84. The first kappa shape index (κ1) is 12.0. The second-order valence-electron chi connectivity index (χ2n) is 3.84. The van der Waals surface area contributed by atoms with Gasteiger partial charge >= 0.3 is 0 Å². The molecule has 0 spiro atoms. The molecule has 3 heteroatoms. The molecule has 0 bridgehead atoms. The van der Waals surface area contributed by atoms with Gasteiger partial charge in [0.05, 0.1) is 11.4 Å². The Bertz CT molecular complexity index is 612. The van der Waals surface area contributed by atoms with Crippen LogP contribution >= 0.6 is 0 Å². The molecule has 88 valence electrons. The summed E-state index contributed by atoms with van der Waals surface area (Å²) in [6.07, 6.45) is 5.40. The minimum atomic E-state index is 0.574. The van der Waals surface area contributed by atoms with Gasteiger partial charge in [-0.2, -0.15) is 4.99 Å². The van der Waals surface area contributed by atoms with Crippen molar-refractivity contribution in [1.29, 1.82) is 0 Å². The molecule has 0 unspecified atom stereocenters. The van der Waals surface area contributed by atoms with Gasteiger partial charge in [0.2, 0.25) is 6.08 Å². The maximum absolute atomic E-state index is 10.2. The quantitative estimate of drug-likeness (QED) is 0.604. The van der Waals surface area contributed by atoms with E-state index in [1.165, 1.54) is 6.08 Å². The zero-order chi connectivity index (χ0) is 12.8. The zero-order valence-electron chi connectivity index (χ0n) is 10.00. The Hall–Kier alpha value is -2.51. The molecule has 3 nitrogen and oxygen atoms in total. The minimum absolute atomic E-state index is 0.574. The topological polar surface area (TPSA) is 42.3 Å². The molecule has 0 atom stereocenters. The first-order chi connectivity index (χ1) is 8.78. The van der Waals surface area contributed by atoms with Crippen LogP contribution in [0.1, 0.15) is 17.0 Å². The van der Waals surface area contributed by atoms with E-state index in [2.05, 4.69) is 9.98 Å². The second-order valence-corrected chi connectivity index (χ2v) is 3.84. The van der Waals surface area contributed by atoms with Crippen molar-refractivity contribution in [2.24, 2.45) is 4.99 Å². The fraction of sp³-hybridized carbons (Fsp3) is 0.0667. The van der Waals surface area contributed by atoms with Crippen molar-refractivity contribution >= 4 is 23.9 Å². The molecule has 0 aliphatic heterocycles. The molecule has 0 radical (unpaired) electrons. The molecule has 1 heterocycles. The number of pyridine rings is 1. The number of carbonyl (C=O) groups excluding carboxylic acids is 1. The highest BCUT2D eigenvalue weighted by atomic mass is 16.1. The van der Waals surface area contributed by atoms with Gasteiger partial charge in [-0.15, -0.1) is 0 Å². The Kier molecular flexibility index (Phi) is 3.79. The summed E-state index contributed by atoms with van der Waals surface area (Å²) in [6, 6.07) is 13.4. The van der Waals surface area contributed by atoms with E-state index < -0.39 is 0 Å². The lowest BCUT2D eigenvalue weighted by molar-refractivity contribution is 0.565. The third kappa shape index (κ3) is 3.24. The largest absolute Gasteiger partial charge is 0.254 e. The Labute approximate surface area is 106 Å². The van der Waals surface area contributed by atoms with E-state index in [1.807, 2.05) is 49.4 Å². The Morgan fingerprint density at radius 3 is 2.67 bits per heavy atom. The summed E-state index contributed by atoms with van der Waals surface area (Å²) in [5, 5.41) is 0. The number of isocyanates is 1. The summed E-state index contributed by atoms with van der Waals surface area (Å²) >= 11 is 0. The summed E-state index contributed by atoms with van der Waals surface area (Å²) in [4.78, 5) is 18.2. The van der Waals surface area contributed by atoms with E-state index in [-0.39, 0.29) is 0 Å². The van der Waals surface area contributed by atoms with E-state index in [4.69, 9.17) is 0 Å². The van der Waals surface area contributed by atoms with Crippen LogP contribution in [0.5, 0.6) is 0 Å². The molecule has 2 rings (SSSR count). The molecule has 0 fully saturated rings. The molecule has 1 aromatic carbocycles. The Morgan fingerprint density at radius 1 is 1.17 bits per heavy atom. The predicted octanol–water partition coefficient (Wildman–Crippen LogP) is 3.53. The fourth-order valence-electron chi connectivity index (χ4n) is 1.62. The first-order valence-electron chi connectivity index (χ1n) is 5.57. The van der Waals surface area contributed by atoms with Crippen molar-refractivity contribution in [3.8, 4) is 0 Å². The molecule has 0 saturated heterocycles. The fourth-order valence-corrected chi connectivity index (χ4v) is 1.62. The van der Waals surface area contributed by atoms with Crippen molar-refractivity contribution < 1.29 is 4.79 Å². The highest BCUT2D eigenvalue weighted by Crippen LogP contribution is 2.16. The van der Waals surface area contributed by atoms with Crippen LogP contribution in [0.15, 0.2) is 47.5 Å². The van der Waals surface area contributed by atoms with E-state index in [1.54, 1.807) is 12.1 Å². The number of aryl methyl sites for hydroxylation is 1. The maximum Gasteiger partial charge on any atom is 0.240 e. The highest BCUT2D eigenvalue weighted by Gasteiger charge is 1.96. The van der Waals surface area contributed by atoms with E-state index in [9.17, 15) is 4.79 Å². The molecular weight excluding hydrogens is 224 g/mol. The van der Waals surface area contributed by atoms with Gasteiger partial charge in [-0.3, -0.25) is 4.98 Å². The monoisotopic (exact) mass is 236 g/mol. The van der Waals surface area contributed by atoms with Crippen LogP contribution in [0.4, 0.5) is 5.69 Å². The predicted molar refractivity (Wildman–Crippen MR) is 72.1 cm³/mol. The Morgan fingerprint density at radius 2 is 1.94 bits per heavy atom. The average Bonchev–Trinajstić information content (AvgIpc) is 2.37. The molecule has 0 saturated carbocycles. The smallest absolute Gasteiger partial charge is 0.240 e. The summed E-state index contributed by atoms with van der Waals surface area (Å²) in [7, 11) is 0. The van der Waals surface area contributed by atoms with Gasteiger partial charge in [0, 0.05) is 5.69 Å². The molecule has 0 aliphatic carbocycles. The lowest BCUT2D eigenvalue weighted by atomic mass is 10.2. The molecule has 0 amide bonds. The lowest BCUT2D eigenvalue weighted by Gasteiger charge is -1.98. The second kappa shape index (κ2) is 5.71. The van der Waals surface area contributed by atoms with Crippen molar-refractivity contribution in [3.05, 3.63) is 59.4 Å². The average molecular weight is 236 g/mol. The molecular formula is C15H12N2O. The summed E-state index contributed by atoms with van der Waals surface area (Å²) in [5.41, 5.74) is 3.26. The molecule has 2 aromatic rings. The summed E-state index contributed by atoms with van der Waals surface area (Å²) < 4.78 is 0.